The molecule has 1 heterocycles. The molecule has 0 bridgehead atoms. The Hall–Kier alpha value is -1.36. The van der Waals surface area contributed by atoms with E-state index in [4.69, 9.17) is 10.8 Å². The van der Waals surface area contributed by atoms with Crippen LogP contribution >= 0.6 is 0 Å². The SMILES string of the molecule is Cn1cc(CC[C@@H](N)C(=O)O)cn1. The molecule has 5 heteroatoms. The Bertz CT molecular complexity index is 295. The third-order valence-electron chi connectivity index (χ3n) is 1.82. The van der Waals surface area contributed by atoms with Crippen molar-refractivity contribution in [2.75, 3.05) is 0 Å². The number of nitrogens with zero attached hydrogens (tertiary/aromatic N) is 2. The minimum atomic E-state index is -0.955. The molecule has 0 aliphatic rings. The van der Waals surface area contributed by atoms with Gasteiger partial charge in [0.25, 0.3) is 0 Å². The van der Waals surface area contributed by atoms with Crippen LogP contribution in [0.1, 0.15) is 12.0 Å². The maximum absolute atomic E-state index is 10.4. The first kappa shape index (κ1) is 9.73. The van der Waals surface area contributed by atoms with E-state index in [1.807, 2.05) is 13.2 Å². The zero-order valence-electron chi connectivity index (χ0n) is 7.47. The maximum atomic E-state index is 10.4. The number of nitrogens with two attached hydrogens (primary N) is 1. The lowest BCUT2D eigenvalue weighted by Crippen LogP contribution is -2.30. The summed E-state index contributed by atoms with van der Waals surface area (Å²) in [6, 6.07) is -0.778. The molecule has 0 spiro atoms. The van der Waals surface area contributed by atoms with Crippen molar-refractivity contribution in [1.29, 1.82) is 0 Å². The zero-order valence-corrected chi connectivity index (χ0v) is 7.47. The van der Waals surface area contributed by atoms with Crippen LogP contribution in [-0.4, -0.2) is 26.9 Å². The molecule has 0 aliphatic carbocycles. The fourth-order valence-electron chi connectivity index (χ4n) is 1.05. The molecular weight excluding hydrogens is 170 g/mol. The molecule has 0 aromatic carbocycles. The van der Waals surface area contributed by atoms with Gasteiger partial charge in [-0.3, -0.25) is 9.48 Å². The summed E-state index contributed by atoms with van der Waals surface area (Å²) in [6.45, 7) is 0. The summed E-state index contributed by atoms with van der Waals surface area (Å²) in [5, 5.41) is 12.5. The summed E-state index contributed by atoms with van der Waals surface area (Å²) in [5.74, 6) is -0.955. The molecule has 0 fully saturated rings. The average Bonchev–Trinajstić information content (AvgIpc) is 2.47. The summed E-state index contributed by atoms with van der Waals surface area (Å²) in [4.78, 5) is 10.4. The highest BCUT2D eigenvalue weighted by Gasteiger charge is 2.11. The molecule has 0 saturated carbocycles. The molecule has 5 nitrogen and oxygen atoms in total. The Balaban J connectivity index is 2.39. The quantitative estimate of drug-likeness (QED) is 0.675. The van der Waals surface area contributed by atoms with Gasteiger partial charge < -0.3 is 10.8 Å². The summed E-state index contributed by atoms with van der Waals surface area (Å²) in [7, 11) is 1.82. The van der Waals surface area contributed by atoms with E-state index in [0.29, 0.717) is 12.8 Å². The summed E-state index contributed by atoms with van der Waals surface area (Å²) in [5.41, 5.74) is 6.36. The Morgan fingerprint density at radius 3 is 3.00 bits per heavy atom. The van der Waals surface area contributed by atoms with E-state index in [0.717, 1.165) is 5.56 Å². The van der Waals surface area contributed by atoms with Crippen LogP contribution < -0.4 is 5.73 Å². The lowest BCUT2D eigenvalue weighted by Gasteiger charge is -2.03. The van der Waals surface area contributed by atoms with E-state index in [2.05, 4.69) is 5.10 Å². The number of aromatic nitrogens is 2. The van der Waals surface area contributed by atoms with Crippen molar-refractivity contribution in [1.82, 2.24) is 9.78 Å². The van der Waals surface area contributed by atoms with Gasteiger partial charge in [-0.25, -0.2) is 0 Å². The number of hydrogen-bond acceptors (Lipinski definition) is 3. The van der Waals surface area contributed by atoms with Crippen molar-refractivity contribution in [3.8, 4) is 0 Å². The highest BCUT2D eigenvalue weighted by Crippen LogP contribution is 2.02. The second-order valence-corrected chi connectivity index (χ2v) is 3.01. The monoisotopic (exact) mass is 183 g/mol. The van der Waals surface area contributed by atoms with Crippen LogP contribution in [0.25, 0.3) is 0 Å². The van der Waals surface area contributed by atoms with Crippen molar-refractivity contribution in [3.05, 3.63) is 18.0 Å². The Labute approximate surface area is 76.2 Å². The Kier molecular flexibility index (Phi) is 3.02. The average molecular weight is 183 g/mol. The predicted octanol–water partition coefficient (Wildman–Crippen LogP) is -0.235. The van der Waals surface area contributed by atoms with Crippen molar-refractivity contribution in [2.24, 2.45) is 12.8 Å². The van der Waals surface area contributed by atoms with Gasteiger partial charge in [0.05, 0.1) is 6.20 Å². The summed E-state index contributed by atoms with van der Waals surface area (Å²) < 4.78 is 1.68. The molecule has 1 aromatic heterocycles. The number of carboxylic acid groups (broad SMARTS) is 1. The lowest BCUT2D eigenvalue weighted by molar-refractivity contribution is -0.138. The topological polar surface area (TPSA) is 81.1 Å². The Morgan fingerprint density at radius 1 is 1.85 bits per heavy atom. The van der Waals surface area contributed by atoms with E-state index in [9.17, 15) is 4.79 Å². The van der Waals surface area contributed by atoms with Gasteiger partial charge in [-0.15, -0.1) is 0 Å². The van der Waals surface area contributed by atoms with Crippen LogP contribution in [0, 0.1) is 0 Å². The van der Waals surface area contributed by atoms with E-state index >= 15 is 0 Å². The molecule has 13 heavy (non-hydrogen) atoms. The van der Waals surface area contributed by atoms with Gasteiger partial charge in [0.1, 0.15) is 6.04 Å². The lowest BCUT2D eigenvalue weighted by atomic mass is 10.1. The molecule has 3 N–H and O–H groups in total. The van der Waals surface area contributed by atoms with Gasteiger partial charge in [-0.1, -0.05) is 0 Å². The van der Waals surface area contributed by atoms with E-state index in [-0.39, 0.29) is 0 Å². The maximum Gasteiger partial charge on any atom is 0.320 e. The van der Waals surface area contributed by atoms with Gasteiger partial charge in [-0.05, 0) is 18.4 Å². The minimum Gasteiger partial charge on any atom is -0.480 e. The fourth-order valence-corrected chi connectivity index (χ4v) is 1.05. The molecule has 0 saturated heterocycles. The normalized spacial score (nSPS) is 12.8. The third kappa shape index (κ3) is 2.87. The number of carboxylic acids is 1. The first-order valence-electron chi connectivity index (χ1n) is 4.05. The van der Waals surface area contributed by atoms with Crippen LogP contribution in [-0.2, 0) is 18.3 Å². The molecule has 0 radical (unpaired) electrons. The number of carbonyl (C=O) groups is 1. The summed E-state index contributed by atoms with van der Waals surface area (Å²) >= 11 is 0. The highest BCUT2D eigenvalue weighted by atomic mass is 16.4. The number of aliphatic carboxylic acids is 1. The third-order valence-corrected chi connectivity index (χ3v) is 1.82. The van der Waals surface area contributed by atoms with Gasteiger partial charge in [0.15, 0.2) is 0 Å². The molecule has 1 aromatic rings. The van der Waals surface area contributed by atoms with E-state index in [1.54, 1.807) is 10.9 Å². The van der Waals surface area contributed by atoms with Crippen molar-refractivity contribution >= 4 is 5.97 Å². The van der Waals surface area contributed by atoms with E-state index in [1.165, 1.54) is 0 Å². The van der Waals surface area contributed by atoms with Crippen LogP contribution in [0.5, 0.6) is 0 Å². The van der Waals surface area contributed by atoms with Crippen LogP contribution in [0.4, 0.5) is 0 Å². The van der Waals surface area contributed by atoms with Crippen molar-refractivity contribution in [2.45, 2.75) is 18.9 Å². The van der Waals surface area contributed by atoms with Crippen molar-refractivity contribution < 1.29 is 9.90 Å². The standard InChI is InChI=1S/C8H13N3O2/c1-11-5-6(4-10-11)2-3-7(9)8(12)13/h4-5,7H,2-3,9H2,1H3,(H,12,13)/t7-/m1/s1. The molecule has 1 atom stereocenters. The molecule has 72 valence electrons. The second-order valence-electron chi connectivity index (χ2n) is 3.01. The van der Waals surface area contributed by atoms with Gasteiger partial charge >= 0.3 is 5.97 Å². The molecule has 1 rings (SSSR count). The summed E-state index contributed by atoms with van der Waals surface area (Å²) in [6.07, 6.45) is 4.67. The van der Waals surface area contributed by atoms with Gasteiger partial charge in [0.2, 0.25) is 0 Å². The zero-order chi connectivity index (χ0) is 9.84. The van der Waals surface area contributed by atoms with Crippen LogP contribution in [0.2, 0.25) is 0 Å². The second kappa shape index (κ2) is 4.04. The first-order valence-corrected chi connectivity index (χ1v) is 4.05. The predicted molar refractivity (Wildman–Crippen MR) is 47.1 cm³/mol. The fraction of sp³-hybridized carbons (Fsp3) is 0.500. The molecular formula is C8H13N3O2. The first-order chi connectivity index (χ1) is 6.09. The Morgan fingerprint density at radius 2 is 2.54 bits per heavy atom. The minimum absolute atomic E-state index is 0.445. The van der Waals surface area contributed by atoms with Gasteiger partial charge in [0, 0.05) is 13.2 Å². The van der Waals surface area contributed by atoms with Gasteiger partial charge in [-0.2, -0.15) is 5.10 Å². The molecule has 0 amide bonds. The molecule has 0 aliphatic heterocycles. The largest absolute Gasteiger partial charge is 0.480 e. The van der Waals surface area contributed by atoms with E-state index < -0.39 is 12.0 Å². The highest BCUT2D eigenvalue weighted by molar-refractivity contribution is 5.73. The number of hydrogen-bond donors (Lipinski definition) is 2. The van der Waals surface area contributed by atoms with Crippen LogP contribution in [0.15, 0.2) is 12.4 Å². The number of rotatable bonds is 4. The van der Waals surface area contributed by atoms with Crippen LogP contribution in [0.3, 0.4) is 0 Å². The van der Waals surface area contributed by atoms with Crippen molar-refractivity contribution in [3.63, 3.8) is 0 Å². The molecule has 0 unspecified atom stereocenters. The smallest absolute Gasteiger partial charge is 0.320 e. The number of aryl methyl sites for hydroxylation is 2.